The molecule has 140 valence electrons. The Hall–Kier alpha value is -2.41. The molecule has 0 saturated heterocycles. The van der Waals surface area contributed by atoms with Gasteiger partial charge in [-0.05, 0) is 51.5 Å². The van der Waals surface area contributed by atoms with Crippen LogP contribution in [0.1, 0.15) is 33.6 Å². The lowest BCUT2D eigenvalue weighted by Gasteiger charge is -2.20. The molecule has 0 fully saturated rings. The number of hydrogen-bond donors (Lipinski definition) is 1. The number of hydrogen-bond acceptors (Lipinski definition) is 5. The summed E-state index contributed by atoms with van der Waals surface area (Å²) < 4.78 is 3.66. The van der Waals surface area contributed by atoms with Crippen LogP contribution in [0.4, 0.5) is 5.82 Å². The SMILES string of the molecule is CCN(CC)CCCC(C)Nc1ccc2ncc(-c3cnn(C)c3)n2n1. The second kappa shape index (κ2) is 8.31. The summed E-state index contributed by atoms with van der Waals surface area (Å²) in [5.41, 5.74) is 2.80. The molecule has 7 nitrogen and oxygen atoms in total. The van der Waals surface area contributed by atoms with Gasteiger partial charge in [0.15, 0.2) is 5.65 Å². The van der Waals surface area contributed by atoms with Gasteiger partial charge in [0.25, 0.3) is 0 Å². The molecule has 0 radical (unpaired) electrons. The standard InChI is InChI=1S/C19H29N7/c1-5-25(6-2)11-7-8-15(3)22-18-9-10-19-20-13-17(26(19)23-18)16-12-21-24(4)14-16/h9-10,12-15H,5-8,11H2,1-4H3,(H,22,23). The first-order valence-electron chi connectivity index (χ1n) is 9.43. The minimum atomic E-state index is 0.376. The fourth-order valence-electron chi connectivity index (χ4n) is 3.19. The highest BCUT2D eigenvalue weighted by molar-refractivity contribution is 5.62. The Labute approximate surface area is 155 Å². The van der Waals surface area contributed by atoms with Gasteiger partial charge in [-0.3, -0.25) is 4.68 Å². The van der Waals surface area contributed by atoms with Crippen molar-refractivity contribution in [2.24, 2.45) is 7.05 Å². The van der Waals surface area contributed by atoms with E-state index in [0.717, 1.165) is 48.8 Å². The van der Waals surface area contributed by atoms with Crippen LogP contribution in [-0.2, 0) is 7.05 Å². The van der Waals surface area contributed by atoms with Crippen molar-refractivity contribution in [2.75, 3.05) is 25.0 Å². The van der Waals surface area contributed by atoms with E-state index in [1.807, 2.05) is 42.3 Å². The Bertz CT molecular complexity index is 831. The van der Waals surface area contributed by atoms with Crippen LogP contribution in [0.3, 0.4) is 0 Å². The van der Waals surface area contributed by atoms with Gasteiger partial charge < -0.3 is 10.2 Å². The molecule has 1 unspecified atom stereocenters. The van der Waals surface area contributed by atoms with Gasteiger partial charge >= 0.3 is 0 Å². The molecule has 0 aromatic carbocycles. The zero-order chi connectivity index (χ0) is 18.5. The fraction of sp³-hybridized carbons (Fsp3) is 0.526. The lowest BCUT2D eigenvalue weighted by molar-refractivity contribution is 0.295. The molecule has 1 N–H and O–H groups in total. The minimum absolute atomic E-state index is 0.376. The van der Waals surface area contributed by atoms with Crippen molar-refractivity contribution in [1.82, 2.24) is 29.3 Å². The van der Waals surface area contributed by atoms with Crippen molar-refractivity contribution in [3.63, 3.8) is 0 Å². The van der Waals surface area contributed by atoms with E-state index >= 15 is 0 Å². The summed E-state index contributed by atoms with van der Waals surface area (Å²) in [6.07, 6.45) is 7.96. The maximum Gasteiger partial charge on any atom is 0.154 e. The number of aryl methyl sites for hydroxylation is 1. The van der Waals surface area contributed by atoms with Crippen molar-refractivity contribution in [1.29, 1.82) is 0 Å². The summed E-state index contributed by atoms with van der Waals surface area (Å²) in [5.74, 6) is 0.871. The molecule has 3 aromatic heterocycles. The van der Waals surface area contributed by atoms with Gasteiger partial charge in [0, 0.05) is 24.8 Å². The van der Waals surface area contributed by atoms with Crippen LogP contribution < -0.4 is 5.32 Å². The second-order valence-electron chi connectivity index (χ2n) is 6.75. The van der Waals surface area contributed by atoms with Crippen LogP contribution in [0.25, 0.3) is 16.9 Å². The summed E-state index contributed by atoms with van der Waals surface area (Å²) >= 11 is 0. The number of fused-ring (bicyclic) bond motifs is 1. The Balaban J connectivity index is 1.67. The van der Waals surface area contributed by atoms with E-state index in [-0.39, 0.29) is 0 Å². The average Bonchev–Trinajstić information content (AvgIpc) is 3.24. The highest BCUT2D eigenvalue weighted by atomic mass is 15.3. The average molecular weight is 355 g/mol. The molecule has 0 spiro atoms. The van der Waals surface area contributed by atoms with E-state index in [0.29, 0.717) is 6.04 Å². The molecular weight excluding hydrogens is 326 g/mol. The summed E-state index contributed by atoms with van der Waals surface area (Å²) in [6.45, 7) is 10.0. The van der Waals surface area contributed by atoms with Crippen LogP contribution in [0.15, 0.2) is 30.7 Å². The molecular formula is C19H29N7. The Morgan fingerprint density at radius 3 is 2.69 bits per heavy atom. The van der Waals surface area contributed by atoms with E-state index < -0.39 is 0 Å². The lowest BCUT2D eigenvalue weighted by Crippen LogP contribution is -2.25. The summed E-state index contributed by atoms with van der Waals surface area (Å²) in [6, 6.07) is 4.37. The van der Waals surface area contributed by atoms with Crippen LogP contribution in [0.5, 0.6) is 0 Å². The zero-order valence-electron chi connectivity index (χ0n) is 16.2. The van der Waals surface area contributed by atoms with Gasteiger partial charge in [-0.2, -0.15) is 5.10 Å². The molecule has 26 heavy (non-hydrogen) atoms. The molecule has 0 aliphatic rings. The van der Waals surface area contributed by atoms with E-state index in [9.17, 15) is 0 Å². The molecule has 0 aliphatic heterocycles. The van der Waals surface area contributed by atoms with Crippen molar-refractivity contribution in [3.05, 3.63) is 30.7 Å². The topological polar surface area (TPSA) is 63.3 Å². The second-order valence-corrected chi connectivity index (χ2v) is 6.75. The molecule has 0 amide bonds. The highest BCUT2D eigenvalue weighted by Gasteiger charge is 2.11. The molecule has 1 atom stereocenters. The van der Waals surface area contributed by atoms with E-state index in [4.69, 9.17) is 5.10 Å². The summed E-state index contributed by atoms with van der Waals surface area (Å²) in [7, 11) is 1.91. The number of imidazole rings is 1. The molecule has 7 heteroatoms. The molecule has 0 aliphatic carbocycles. The first kappa shape index (κ1) is 18.4. The van der Waals surface area contributed by atoms with Gasteiger partial charge in [-0.1, -0.05) is 13.8 Å². The maximum atomic E-state index is 4.73. The normalized spacial score (nSPS) is 12.8. The van der Waals surface area contributed by atoms with Crippen molar-refractivity contribution < 1.29 is 0 Å². The summed E-state index contributed by atoms with van der Waals surface area (Å²) in [5, 5.41) is 12.5. The Morgan fingerprint density at radius 1 is 1.19 bits per heavy atom. The van der Waals surface area contributed by atoms with Gasteiger partial charge in [0.2, 0.25) is 0 Å². The molecule has 3 rings (SSSR count). The number of nitrogens with zero attached hydrogens (tertiary/aromatic N) is 6. The van der Waals surface area contributed by atoms with Gasteiger partial charge in [0.1, 0.15) is 5.82 Å². The predicted octanol–water partition coefficient (Wildman–Crippen LogP) is 3.05. The quantitative estimate of drug-likeness (QED) is 0.639. The van der Waals surface area contributed by atoms with Crippen molar-refractivity contribution in [2.45, 2.75) is 39.7 Å². The van der Waals surface area contributed by atoms with Gasteiger partial charge in [0.05, 0.1) is 18.1 Å². The van der Waals surface area contributed by atoms with Crippen molar-refractivity contribution in [3.8, 4) is 11.3 Å². The van der Waals surface area contributed by atoms with E-state index in [1.165, 1.54) is 6.42 Å². The number of aromatic nitrogens is 5. The first-order valence-corrected chi connectivity index (χ1v) is 9.43. The summed E-state index contributed by atoms with van der Waals surface area (Å²) in [4.78, 5) is 6.90. The third-order valence-corrected chi connectivity index (χ3v) is 4.76. The zero-order valence-corrected chi connectivity index (χ0v) is 16.2. The van der Waals surface area contributed by atoms with Crippen LogP contribution >= 0.6 is 0 Å². The third kappa shape index (κ3) is 4.22. The molecule has 3 aromatic rings. The fourth-order valence-corrected chi connectivity index (χ4v) is 3.19. The molecule has 0 saturated carbocycles. The highest BCUT2D eigenvalue weighted by Crippen LogP contribution is 2.20. The monoisotopic (exact) mass is 355 g/mol. The Morgan fingerprint density at radius 2 is 2.00 bits per heavy atom. The van der Waals surface area contributed by atoms with Gasteiger partial charge in [-0.15, -0.1) is 5.10 Å². The Kier molecular flexibility index (Phi) is 5.88. The van der Waals surface area contributed by atoms with Crippen LogP contribution in [0, 0.1) is 0 Å². The smallest absolute Gasteiger partial charge is 0.154 e. The lowest BCUT2D eigenvalue weighted by atomic mass is 10.1. The van der Waals surface area contributed by atoms with E-state index in [1.54, 1.807) is 4.68 Å². The third-order valence-electron chi connectivity index (χ3n) is 4.76. The predicted molar refractivity (Wildman–Crippen MR) is 105 cm³/mol. The number of nitrogens with one attached hydrogen (secondary N) is 1. The number of rotatable bonds is 9. The van der Waals surface area contributed by atoms with E-state index in [2.05, 4.69) is 41.1 Å². The number of anilines is 1. The largest absolute Gasteiger partial charge is 0.366 e. The minimum Gasteiger partial charge on any atom is -0.366 e. The molecule has 3 heterocycles. The van der Waals surface area contributed by atoms with Gasteiger partial charge in [-0.25, -0.2) is 9.50 Å². The molecule has 0 bridgehead atoms. The van der Waals surface area contributed by atoms with Crippen LogP contribution in [0.2, 0.25) is 0 Å². The first-order chi connectivity index (χ1) is 12.6. The van der Waals surface area contributed by atoms with Crippen molar-refractivity contribution >= 4 is 11.5 Å². The van der Waals surface area contributed by atoms with Crippen LogP contribution in [-0.4, -0.2) is 55.0 Å². The maximum absolute atomic E-state index is 4.73.